The molecule has 0 saturated carbocycles. The molecule has 0 aliphatic rings. The van der Waals surface area contributed by atoms with Crippen LogP contribution >= 0.6 is 11.6 Å². The van der Waals surface area contributed by atoms with E-state index in [1.54, 1.807) is 49.4 Å². The van der Waals surface area contributed by atoms with Crippen molar-refractivity contribution < 1.29 is 22.7 Å². The Hall–Kier alpha value is -2.78. The van der Waals surface area contributed by atoms with Gasteiger partial charge in [0.2, 0.25) is 21.8 Å². The van der Waals surface area contributed by atoms with Crippen molar-refractivity contribution in [1.29, 1.82) is 0 Å². The largest absolute Gasteiger partial charge is 0.494 e. The minimum absolute atomic E-state index is 0.0748. The molecule has 1 unspecified atom stereocenters. The smallest absolute Gasteiger partial charge is 0.242 e. The fourth-order valence-corrected chi connectivity index (χ4v) is 4.92. The number of hydrogen-bond acceptors (Lipinski definition) is 5. The van der Waals surface area contributed by atoms with Crippen LogP contribution in [0.2, 0.25) is 5.02 Å². The number of hydrogen-bond donors (Lipinski definition) is 1. The monoisotopic (exact) mass is 551 g/mol. The standard InChI is InChI=1S/C27H38ClN3O5S/c1-6-36-25-14-12-24(13-15-25)31(37(5,34)35)16-8-11-26(32)30(19-22-9-7-10-23(28)17-22)21(4)27(33)29-18-20(2)3/h7,9-10,12-15,17,20-21H,6,8,11,16,18-19H2,1-5H3,(H,29,33). The van der Waals surface area contributed by atoms with E-state index in [1.165, 1.54) is 9.21 Å². The normalized spacial score (nSPS) is 12.2. The summed E-state index contributed by atoms with van der Waals surface area (Å²) in [5, 5.41) is 3.43. The molecular weight excluding hydrogens is 514 g/mol. The first-order chi connectivity index (χ1) is 17.4. The molecule has 0 heterocycles. The van der Waals surface area contributed by atoms with Gasteiger partial charge >= 0.3 is 0 Å². The second kappa shape index (κ2) is 14.2. The van der Waals surface area contributed by atoms with Gasteiger partial charge in [0.25, 0.3) is 0 Å². The van der Waals surface area contributed by atoms with Crippen molar-refractivity contribution in [3.63, 3.8) is 0 Å². The van der Waals surface area contributed by atoms with E-state index in [2.05, 4.69) is 5.32 Å². The Morgan fingerprint density at radius 2 is 1.76 bits per heavy atom. The van der Waals surface area contributed by atoms with E-state index in [1.807, 2.05) is 26.8 Å². The topological polar surface area (TPSA) is 96.0 Å². The van der Waals surface area contributed by atoms with E-state index in [4.69, 9.17) is 16.3 Å². The van der Waals surface area contributed by atoms with Crippen molar-refractivity contribution in [3.05, 3.63) is 59.1 Å². The van der Waals surface area contributed by atoms with E-state index in [-0.39, 0.29) is 43.7 Å². The first-order valence-electron chi connectivity index (χ1n) is 12.4. The Balaban J connectivity index is 2.15. The quantitative estimate of drug-likeness (QED) is 0.373. The Bertz CT molecular complexity index is 1140. The summed E-state index contributed by atoms with van der Waals surface area (Å²) in [5.41, 5.74) is 1.30. The zero-order chi connectivity index (χ0) is 27.6. The van der Waals surface area contributed by atoms with Crippen LogP contribution < -0.4 is 14.4 Å². The zero-order valence-corrected chi connectivity index (χ0v) is 23.8. The highest BCUT2D eigenvalue weighted by Gasteiger charge is 2.26. The highest BCUT2D eigenvalue weighted by atomic mass is 35.5. The molecule has 1 N–H and O–H groups in total. The summed E-state index contributed by atoms with van der Waals surface area (Å²) in [6.07, 6.45) is 1.49. The summed E-state index contributed by atoms with van der Waals surface area (Å²) in [6.45, 7) is 8.92. The molecular formula is C27H38ClN3O5S. The van der Waals surface area contributed by atoms with E-state index < -0.39 is 16.1 Å². The van der Waals surface area contributed by atoms with Crippen molar-refractivity contribution in [1.82, 2.24) is 10.2 Å². The van der Waals surface area contributed by atoms with Crippen LogP contribution in [-0.4, -0.2) is 57.1 Å². The van der Waals surface area contributed by atoms with Gasteiger partial charge in [-0.3, -0.25) is 13.9 Å². The maximum absolute atomic E-state index is 13.3. The van der Waals surface area contributed by atoms with Crippen LogP contribution in [0, 0.1) is 5.92 Å². The molecule has 0 bridgehead atoms. The van der Waals surface area contributed by atoms with Gasteiger partial charge < -0.3 is 15.0 Å². The molecule has 2 amide bonds. The van der Waals surface area contributed by atoms with E-state index in [9.17, 15) is 18.0 Å². The molecule has 0 fully saturated rings. The predicted molar refractivity (Wildman–Crippen MR) is 148 cm³/mol. The lowest BCUT2D eigenvalue weighted by Crippen LogP contribution is -2.48. The molecule has 1 atom stereocenters. The number of rotatable bonds is 14. The summed E-state index contributed by atoms with van der Waals surface area (Å²) in [4.78, 5) is 27.6. The minimum atomic E-state index is -3.57. The number of ether oxygens (including phenoxy) is 1. The number of nitrogens with zero attached hydrogens (tertiary/aromatic N) is 2. The van der Waals surface area contributed by atoms with Gasteiger partial charge in [0.15, 0.2) is 0 Å². The third kappa shape index (κ3) is 9.89. The Labute approximate surface area is 226 Å². The number of carbonyl (C=O) groups is 2. The number of anilines is 1. The van der Waals surface area contributed by atoms with Crippen LogP contribution in [0.5, 0.6) is 5.75 Å². The van der Waals surface area contributed by atoms with Gasteiger partial charge in [-0.2, -0.15) is 0 Å². The summed E-state index contributed by atoms with van der Waals surface area (Å²) in [6, 6.07) is 13.2. The second-order valence-corrected chi connectivity index (χ2v) is 11.7. The molecule has 8 nitrogen and oxygen atoms in total. The van der Waals surface area contributed by atoms with Gasteiger partial charge in [0.1, 0.15) is 11.8 Å². The van der Waals surface area contributed by atoms with Gasteiger partial charge in [-0.05, 0) is 68.1 Å². The molecule has 0 aromatic heterocycles. The van der Waals surface area contributed by atoms with Crippen LogP contribution in [0.25, 0.3) is 0 Å². The lowest BCUT2D eigenvalue weighted by molar-refractivity contribution is -0.140. The number of nitrogens with one attached hydrogen (secondary N) is 1. The van der Waals surface area contributed by atoms with Gasteiger partial charge in [-0.25, -0.2) is 8.42 Å². The van der Waals surface area contributed by atoms with Crippen LogP contribution in [0.1, 0.15) is 46.1 Å². The maximum atomic E-state index is 13.3. The van der Waals surface area contributed by atoms with Crippen LogP contribution in [0.3, 0.4) is 0 Å². The second-order valence-electron chi connectivity index (χ2n) is 9.33. The molecule has 0 aliphatic carbocycles. The van der Waals surface area contributed by atoms with Crippen LogP contribution in [0.4, 0.5) is 5.69 Å². The lowest BCUT2D eigenvalue weighted by atomic mass is 10.1. The first kappa shape index (κ1) is 30.4. The van der Waals surface area contributed by atoms with Gasteiger partial charge in [-0.1, -0.05) is 37.6 Å². The number of benzene rings is 2. The van der Waals surface area contributed by atoms with E-state index in [0.717, 1.165) is 11.8 Å². The van der Waals surface area contributed by atoms with Gasteiger partial charge in [0, 0.05) is 31.1 Å². The highest BCUT2D eigenvalue weighted by Crippen LogP contribution is 2.23. The minimum Gasteiger partial charge on any atom is -0.494 e. The molecule has 10 heteroatoms. The first-order valence-corrected chi connectivity index (χ1v) is 14.7. The lowest BCUT2D eigenvalue weighted by Gasteiger charge is -2.29. The van der Waals surface area contributed by atoms with Gasteiger partial charge in [0.05, 0.1) is 18.6 Å². The molecule has 2 rings (SSSR count). The highest BCUT2D eigenvalue weighted by molar-refractivity contribution is 7.92. The van der Waals surface area contributed by atoms with Crippen molar-refractivity contribution in [2.75, 3.05) is 30.3 Å². The third-order valence-corrected chi connectivity index (χ3v) is 7.11. The number of amides is 2. The SMILES string of the molecule is CCOc1ccc(N(CCCC(=O)N(Cc2cccc(Cl)c2)C(C)C(=O)NCC(C)C)S(C)(=O)=O)cc1. The Kier molecular flexibility index (Phi) is 11.7. The number of carbonyl (C=O) groups excluding carboxylic acids is 2. The summed E-state index contributed by atoms with van der Waals surface area (Å²) in [5.74, 6) is 0.442. The molecule has 2 aromatic carbocycles. The van der Waals surface area contributed by atoms with Crippen molar-refractivity contribution in [2.45, 2.75) is 53.1 Å². The predicted octanol–water partition coefficient (Wildman–Crippen LogP) is 4.47. The molecule has 0 radical (unpaired) electrons. The molecule has 2 aromatic rings. The Morgan fingerprint density at radius 3 is 2.32 bits per heavy atom. The Morgan fingerprint density at radius 1 is 1.08 bits per heavy atom. The third-order valence-electron chi connectivity index (χ3n) is 5.68. The van der Waals surface area contributed by atoms with Crippen molar-refractivity contribution >= 4 is 39.1 Å². The summed E-state index contributed by atoms with van der Waals surface area (Å²) in [7, 11) is -3.57. The van der Waals surface area contributed by atoms with Crippen molar-refractivity contribution in [3.8, 4) is 5.75 Å². The van der Waals surface area contributed by atoms with Crippen LogP contribution in [0.15, 0.2) is 48.5 Å². The maximum Gasteiger partial charge on any atom is 0.242 e. The fourth-order valence-electron chi connectivity index (χ4n) is 3.75. The molecule has 0 aliphatic heterocycles. The van der Waals surface area contributed by atoms with Crippen LogP contribution in [-0.2, 0) is 26.2 Å². The number of halogens is 1. The molecule has 0 spiro atoms. The van der Waals surface area contributed by atoms with Crippen molar-refractivity contribution in [2.24, 2.45) is 5.92 Å². The van der Waals surface area contributed by atoms with Gasteiger partial charge in [-0.15, -0.1) is 0 Å². The molecule has 204 valence electrons. The fraction of sp³-hybridized carbons (Fsp3) is 0.481. The molecule has 37 heavy (non-hydrogen) atoms. The van der Waals surface area contributed by atoms with E-state index in [0.29, 0.717) is 29.6 Å². The van der Waals surface area contributed by atoms with E-state index >= 15 is 0 Å². The average Bonchev–Trinajstić information content (AvgIpc) is 2.83. The summed E-state index contributed by atoms with van der Waals surface area (Å²) >= 11 is 6.13. The zero-order valence-electron chi connectivity index (χ0n) is 22.2. The average molecular weight is 552 g/mol. The molecule has 0 saturated heterocycles. The number of sulfonamides is 1. The summed E-state index contributed by atoms with van der Waals surface area (Å²) < 4.78 is 31.7.